The summed E-state index contributed by atoms with van der Waals surface area (Å²) in [5.41, 5.74) is 3.55. The highest BCUT2D eigenvalue weighted by Gasteiger charge is 2.26. The van der Waals surface area contributed by atoms with Crippen molar-refractivity contribution in [3.63, 3.8) is 0 Å². The van der Waals surface area contributed by atoms with Crippen molar-refractivity contribution >= 4 is 36.4 Å². The van der Waals surface area contributed by atoms with Gasteiger partial charge in [0.2, 0.25) is 7.28 Å². The predicted molar refractivity (Wildman–Crippen MR) is 90.7 cm³/mol. The molecule has 0 radical (unpaired) electrons. The Morgan fingerprint density at radius 1 is 1.10 bits per heavy atom. The minimum Gasteiger partial charge on any atom is -0.282 e. The monoisotopic (exact) mass is 293 g/mol. The van der Waals surface area contributed by atoms with Crippen molar-refractivity contribution in [2.75, 3.05) is 0 Å². The van der Waals surface area contributed by atoms with Crippen LogP contribution in [0.3, 0.4) is 0 Å². The number of benzene rings is 2. The molecule has 3 nitrogen and oxygen atoms in total. The SMILES string of the molecule is CBc1nnc(S)n1-c1ccc(C2CC2)c2ccccc12. The number of thiol groups is 1. The fourth-order valence-electron chi connectivity index (χ4n) is 3.03. The first kappa shape index (κ1) is 13.0. The summed E-state index contributed by atoms with van der Waals surface area (Å²) in [6, 6.07) is 13.1. The van der Waals surface area contributed by atoms with Gasteiger partial charge in [-0.15, -0.1) is 22.8 Å². The standard InChI is InChI=1S/C16H16BN3S/c1-17-15-18-19-16(21)20(15)14-9-8-11(10-6-7-10)12-4-2-3-5-13(12)14/h2-5,8-10,17H,6-7H2,1H3,(H,19,21). The van der Waals surface area contributed by atoms with Crippen molar-refractivity contribution in [2.24, 2.45) is 0 Å². The third-order valence-electron chi connectivity index (χ3n) is 4.22. The van der Waals surface area contributed by atoms with Crippen molar-refractivity contribution in [3.05, 3.63) is 42.0 Å². The molecule has 1 aliphatic rings. The Labute approximate surface area is 130 Å². The number of nitrogens with zero attached hydrogens (tertiary/aromatic N) is 3. The van der Waals surface area contributed by atoms with E-state index >= 15 is 0 Å². The Morgan fingerprint density at radius 3 is 2.57 bits per heavy atom. The van der Waals surface area contributed by atoms with Crippen LogP contribution in [0.25, 0.3) is 16.5 Å². The summed E-state index contributed by atoms with van der Waals surface area (Å²) in [6.45, 7) is 2.09. The lowest BCUT2D eigenvalue weighted by molar-refractivity contribution is 0.900. The smallest absolute Gasteiger partial charge is 0.204 e. The molecule has 0 unspecified atom stereocenters. The first-order chi connectivity index (χ1) is 10.3. The third kappa shape index (κ3) is 2.07. The van der Waals surface area contributed by atoms with Gasteiger partial charge in [-0.3, -0.25) is 4.57 Å². The fourth-order valence-corrected chi connectivity index (χ4v) is 3.30. The van der Waals surface area contributed by atoms with Gasteiger partial charge in [-0.1, -0.05) is 37.2 Å². The molecule has 1 saturated carbocycles. The molecule has 5 heteroatoms. The fraction of sp³-hybridized carbons (Fsp3) is 0.250. The Kier molecular flexibility index (Phi) is 3.03. The average Bonchev–Trinajstić information content (AvgIpc) is 3.29. The van der Waals surface area contributed by atoms with Gasteiger partial charge in [0.25, 0.3) is 0 Å². The van der Waals surface area contributed by atoms with Crippen molar-refractivity contribution in [1.82, 2.24) is 14.8 Å². The Hall–Kier alpha value is -1.75. The summed E-state index contributed by atoms with van der Waals surface area (Å²) in [7, 11) is 0.840. The molecule has 104 valence electrons. The highest BCUT2D eigenvalue weighted by atomic mass is 32.1. The Bertz CT molecular complexity index is 824. The molecule has 1 aromatic heterocycles. The number of hydrogen-bond acceptors (Lipinski definition) is 3. The van der Waals surface area contributed by atoms with E-state index in [9.17, 15) is 0 Å². The maximum absolute atomic E-state index is 4.48. The molecule has 0 saturated heterocycles. The van der Waals surface area contributed by atoms with Crippen LogP contribution in [0.15, 0.2) is 41.6 Å². The molecular weight excluding hydrogens is 277 g/mol. The van der Waals surface area contributed by atoms with Crippen molar-refractivity contribution in [1.29, 1.82) is 0 Å². The molecular formula is C16H16BN3S. The van der Waals surface area contributed by atoms with Gasteiger partial charge in [-0.05, 0) is 35.8 Å². The maximum atomic E-state index is 4.48. The number of rotatable bonds is 3. The molecule has 0 amide bonds. The highest BCUT2D eigenvalue weighted by Crippen LogP contribution is 2.44. The van der Waals surface area contributed by atoms with Crippen molar-refractivity contribution < 1.29 is 0 Å². The minimum absolute atomic E-state index is 0.649. The van der Waals surface area contributed by atoms with Gasteiger partial charge in [-0.2, -0.15) is 0 Å². The van der Waals surface area contributed by atoms with E-state index in [0.717, 1.165) is 24.6 Å². The van der Waals surface area contributed by atoms with Gasteiger partial charge in [0, 0.05) is 5.39 Å². The van der Waals surface area contributed by atoms with Crippen LogP contribution >= 0.6 is 12.6 Å². The average molecular weight is 293 g/mol. The van der Waals surface area contributed by atoms with Crippen LogP contribution in [0.5, 0.6) is 0 Å². The van der Waals surface area contributed by atoms with Gasteiger partial charge in [0.15, 0.2) is 5.16 Å². The van der Waals surface area contributed by atoms with E-state index in [1.807, 2.05) is 0 Å². The molecule has 2 aromatic carbocycles. The van der Waals surface area contributed by atoms with Crippen LogP contribution in [0, 0.1) is 0 Å². The van der Waals surface area contributed by atoms with E-state index in [4.69, 9.17) is 0 Å². The van der Waals surface area contributed by atoms with Gasteiger partial charge in [0.05, 0.1) is 11.4 Å². The van der Waals surface area contributed by atoms with E-state index < -0.39 is 0 Å². The van der Waals surface area contributed by atoms with Crippen LogP contribution in [0.2, 0.25) is 6.82 Å². The molecule has 0 bridgehead atoms. The summed E-state index contributed by atoms with van der Waals surface area (Å²) in [6.07, 6.45) is 2.63. The second-order valence-electron chi connectivity index (χ2n) is 5.60. The van der Waals surface area contributed by atoms with Crippen LogP contribution in [0.1, 0.15) is 24.3 Å². The van der Waals surface area contributed by atoms with E-state index in [0.29, 0.717) is 5.16 Å². The topological polar surface area (TPSA) is 30.7 Å². The van der Waals surface area contributed by atoms with E-state index in [1.165, 1.54) is 29.2 Å². The van der Waals surface area contributed by atoms with Gasteiger partial charge in [0.1, 0.15) is 0 Å². The van der Waals surface area contributed by atoms with Crippen LogP contribution in [-0.4, -0.2) is 22.0 Å². The summed E-state index contributed by atoms with van der Waals surface area (Å²) >= 11 is 4.48. The van der Waals surface area contributed by atoms with Gasteiger partial charge >= 0.3 is 0 Å². The molecule has 1 fully saturated rings. The normalized spacial score (nSPS) is 14.6. The third-order valence-corrected chi connectivity index (χ3v) is 4.51. The second-order valence-corrected chi connectivity index (χ2v) is 6.00. The molecule has 1 aliphatic carbocycles. The molecule has 1 heterocycles. The molecule has 0 atom stereocenters. The molecule has 0 aliphatic heterocycles. The van der Waals surface area contributed by atoms with Crippen molar-refractivity contribution in [3.8, 4) is 5.69 Å². The second kappa shape index (κ2) is 4.91. The van der Waals surface area contributed by atoms with Gasteiger partial charge in [-0.25, -0.2) is 0 Å². The molecule has 0 N–H and O–H groups in total. The van der Waals surface area contributed by atoms with E-state index in [2.05, 4.69) is 70.6 Å². The minimum atomic E-state index is 0.649. The summed E-state index contributed by atoms with van der Waals surface area (Å²) in [5.74, 6) is 0.742. The molecule has 21 heavy (non-hydrogen) atoms. The number of aromatic nitrogens is 3. The first-order valence-corrected chi connectivity index (χ1v) is 7.89. The Balaban J connectivity index is 2.01. The lowest BCUT2D eigenvalue weighted by Gasteiger charge is -2.13. The molecule has 3 aromatic rings. The molecule has 4 rings (SSSR count). The Morgan fingerprint density at radius 2 is 1.86 bits per heavy atom. The maximum Gasteiger partial charge on any atom is 0.204 e. The lowest BCUT2D eigenvalue weighted by Crippen LogP contribution is -2.24. The molecule has 0 spiro atoms. The highest BCUT2D eigenvalue weighted by molar-refractivity contribution is 7.80. The first-order valence-electron chi connectivity index (χ1n) is 7.45. The van der Waals surface area contributed by atoms with Gasteiger partial charge < -0.3 is 0 Å². The van der Waals surface area contributed by atoms with Crippen molar-refractivity contribution in [2.45, 2.75) is 30.7 Å². The van der Waals surface area contributed by atoms with E-state index in [-0.39, 0.29) is 0 Å². The summed E-state index contributed by atoms with van der Waals surface area (Å²) in [4.78, 5) is 0. The largest absolute Gasteiger partial charge is 0.282 e. The zero-order valence-electron chi connectivity index (χ0n) is 12.0. The summed E-state index contributed by atoms with van der Waals surface area (Å²) < 4.78 is 2.06. The van der Waals surface area contributed by atoms with E-state index in [1.54, 1.807) is 0 Å². The predicted octanol–water partition coefficient (Wildman–Crippen LogP) is 2.70. The summed E-state index contributed by atoms with van der Waals surface area (Å²) in [5, 5.41) is 11.6. The van der Waals surface area contributed by atoms with Crippen LogP contribution < -0.4 is 5.72 Å². The number of hydrogen-bond donors (Lipinski definition) is 1. The zero-order chi connectivity index (χ0) is 14.4. The van der Waals surface area contributed by atoms with Crippen LogP contribution in [0.4, 0.5) is 0 Å². The zero-order valence-corrected chi connectivity index (χ0v) is 12.8. The number of fused-ring (bicyclic) bond motifs is 1. The van der Waals surface area contributed by atoms with Crippen LogP contribution in [-0.2, 0) is 0 Å². The lowest BCUT2D eigenvalue weighted by atomic mass is 9.81. The quantitative estimate of drug-likeness (QED) is 0.594.